The summed E-state index contributed by atoms with van der Waals surface area (Å²) >= 11 is 6.30. The van der Waals surface area contributed by atoms with E-state index in [1.807, 2.05) is 25.3 Å². The molecular weight excluding hydrogens is 497 g/mol. The first-order chi connectivity index (χ1) is 17.4. The lowest BCUT2D eigenvalue weighted by molar-refractivity contribution is 0.0317. The van der Waals surface area contributed by atoms with Crippen LogP contribution in [0, 0.1) is 17.3 Å². The second kappa shape index (κ2) is 9.47. The molecular formula is C26H33ClFN7O2. The summed E-state index contributed by atoms with van der Waals surface area (Å²) in [5.74, 6) is 1.65. The standard InChI is InChI=1S/C26H33ClFN7O2/c1-14-6-8-15(9-7-14)13-35-19-18(16-10-17(27)12-29-11-16)30-21(22-33-24(36)37-34-22)31-20(19)32-23(35)26(5,28)25(2,3)4/h10-12,14-15,22,34H,6-9,13H2,1-5H3,(H,33,36). The van der Waals surface area contributed by atoms with Crippen molar-refractivity contribution in [3.8, 4) is 11.3 Å². The Morgan fingerprint density at radius 2 is 1.86 bits per heavy atom. The minimum atomic E-state index is -1.76. The number of imidazole rings is 1. The molecule has 1 amide bonds. The van der Waals surface area contributed by atoms with E-state index in [1.165, 1.54) is 0 Å². The maximum atomic E-state index is 16.6. The molecule has 1 aliphatic heterocycles. The lowest BCUT2D eigenvalue weighted by Crippen LogP contribution is -2.36. The molecule has 0 bridgehead atoms. The Balaban J connectivity index is 1.75. The van der Waals surface area contributed by atoms with E-state index in [4.69, 9.17) is 26.4 Å². The summed E-state index contributed by atoms with van der Waals surface area (Å²) in [5, 5.41) is 3.07. The molecule has 1 aliphatic carbocycles. The van der Waals surface area contributed by atoms with Gasteiger partial charge >= 0.3 is 6.09 Å². The van der Waals surface area contributed by atoms with Gasteiger partial charge in [0.1, 0.15) is 17.0 Å². The molecule has 198 valence electrons. The molecule has 1 saturated carbocycles. The summed E-state index contributed by atoms with van der Waals surface area (Å²) in [5.41, 5.74) is 2.23. The van der Waals surface area contributed by atoms with E-state index in [9.17, 15) is 4.79 Å². The van der Waals surface area contributed by atoms with Crippen LogP contribution in [0.2, 0.25) is 5.02 Å². The number of alkyl halides is 1. The van der Waals surface area contributed by atoms with Crippen molar-refractivity contribution in [3.63, 3.8) is 0 Å². The maximum Gasteiger partial charge on any atom is 0.427 e. The van der Waals surface area contributed by atoms with Crippen LogP contribution in [0.1, 0.15) is 78.1 Å². The number of fused-ring (bicyclic) bond motifs is 1. The van der Waals surface area contributed by atoms with Crippen LogP contribution < -0.4 is 10.8 Å². The topological polar surface area (TPSA) is 107 Å². The molecule has 2 fully saturated rings. The van der Waals surface area contributed by atoms with Gasteiger partial charge in [-0.05, 0) is 37.7 Å². The van der Waals surface area contributed by atoms with E-state index in [0.717, 1.165) is 25.7 Å². The van der Waals surface area contributed by atoms with Crippen molar-refractivity contribution in [1.82, 2.24) is 35.3 Å². The van der Waals surface area contributed by atoms with Gasteiger partial charge in [0.2, 0.25) is 0 Å². The van der Waals surface area contributed by atoms with Crippen molar-refractivity contribution in [2.24, 2.45) is 17.3 Å². The number of carbonyl (C=O) groups is 1. The number of rotatable bonds is 5. The Labute approximate surface area is 220 Å². The zero-order valence-electron chi connectivity index (χ0n) is 21.8. The first kappa shape index (κ1) is 25.8. The predicted molar refractivity (Wildman–Crippen MR) is 138 cm³/mol. The second-order valence-corrected chi connectivity index (χ2v) is 11.9. The lowest BCUT2D eigenvalue weighted by Gasteiger charge is -2.35. The molecule has 3 aromatic rings. The SMILES string of the molecule is CC1CCC(Cn2c(C(C)(F)C(C)(C)C)nc3nc(C4NOC(=O)N4)nc(-c4cncc(Cl)c4)c32)CC1. The largest absolute Gasteiger partial charge is 0.427 e. The zero-order valence-corrected chi connectivity index (χ0v) is 22.6. The monoisotopic (exact) mass is 529 g/mol. The van der Waals surface area contributed by atoms with Gasteiger partial charge < -0.3 is 9.40 Å². The van der Waals surface area contributed by atoms with E-state index in [2.05, 4.69) is 27.7 Å². The van der Waals surface area contributed by atoms with Crippen molar-refractivity contribution < 1.29 is 14.0 Å². The number of hydrogen-bond donors (Lipinski definition) is 2. The van der Waals surface area contributed by atoms with Crippen LogP contribution in [-0.2, 0) is 17.1 Å². The van der Waals surface area contributed by atoms with Gasteiger partial charge in [-0.3, -0.25) is 10.3 Å². The molecule has 2 unspecified atom stereocenters. The molecule has 9 nitrogen and oxygen atoms in total. The summed E-state index contributed by atoms with van der Waals surface area (Å²) in [4.78, 5) is 35.0. The summed E-state index contributed by atoms with van der Waals surface area (Å²) in [6, 6.07) is 1.76. The van der Waals surface area contributed by atoms with Crippen LogP contribution in [0.3, 0.4) is 0 Å². The number of carbonyl (C=O) groups excluding carboxylic acids is 1. The van der Waals surface area contributed by atoms with Crippen molar-refractivity contribution in [3.05, 3.63) is 35.1 Å². The summed E-state index contributed by atoms with van der Waals surface area (Å²) in [6.45, 7) is 10.1. The van der Waals surface area contributed by atoms with Crippen LogP contribution in [0.5, 0.6) is 0 Å². The molecule has 2 N–H and O–H groups in total. The number of nitrogens with zero attached hydrogens (tertiary/aromatic N) is 5. The molecule has 0 aromatic carbocycles. The third kappa shape index (κ3) is 4.88. The summed E-state index contributed by atoms with van der Waals surface area (Å²) < 4.78 is 18.6. The third-order valence-corrected chi connectivity index (χ3v) is 8.00. The number of nitrogens with one attached hydrogen (secondary N) is 2. The van der Waals surface area contributed by atoms with E-state index >= 15 is 4.39 Å². The summed E-state index contributed by atoms with van der Waals surface area (Å²) in [6.07, 6.45) is 6.22. The van der Waals surface area contributed by atoms with E-state index in [1.54, 1.807) is 25.4 Å². The Kier molecular flexibility index (Phi) is 6.60. The molecule has 37 heavy (non-hydrogen) atoms. The molecule has 5 rings (SSSR count). The quantitative estimate of drug-likeness (QED) is 0.427. The highest BCUT2D eigenvalue weighted by Gasteiger charge is 2.45. The van der Waals surface area contributed by atoms with Gasteiger partial charge in [-0.25, -0.2) is 24.1 Å². The van der Waals surface area contributed by atoms with Crippen molar-refractivity contribution in [1.29, 1.82) is 0 Å². The number of hydrogen-bond acceptors (Lipinski definition) is 7. The minimum Gasteiger partial charge on any atom is -0.351 e. The fourth-order valence-electron chi connectivity index (χ4n) is 4.97. The highest BCUT2D eigenvalue weighted by atomic mass is 35.5. The third-order valence-electron chi connectivity index (χ3n) is 7.79. The average Bonchev–Trinajstić information content (AvgIpc) is 3.43. The van der Waals surface area contributed by atoms with Crippen LogP contribution in [-0.4, -0.2) is 30.6 Å². The molecule has 4 heterocycles. The molecule has 2 aliphatic rings. The molecule has 0 spiro atoms. The number of pyridine rings is 1. The Hall–Kier alpha value is -2.85. The van der Waals surface area contributed by atoms with Gasteiger partial charge in [0, 0.05) is 29.9 Å². The normalized spacial score (nSPS) is 24.1. The van der Waals surface area contributed by atoms with Gasteiger partial charge in [-0.1, -0.05) is 52.1 Å². The number of amides is 1. The van der Waals surface area contributed by atoms with E-state index < -0.39 is 23.3 Å². The van der Waals surface area contributed by atoms with Crippen molar-refractivity contribution in [2.75, 3.05) is 0 Å². The van der Waals surface area contributed by atoms with E-state index in [-0.39, 0.29) is 5.82 Å². The Morgan fingerprint density at radius 3 is 2.49 bits per heavy atom. The second-order valence-electron chi connectivity index (χ2n) is 11.5. The minimum absolute atomic E-state index is 0.243. The highest BCUT2D eigenvalue weighted by molar-refractivity contribution is 6.30. The van der Waals surface area contributed by atoms with Gasteiger partial charge in [0.05, 0.1) is 5.02 Å². The first-order valence-corrected chi connectivity index (χ1v) is 13.1. The number of hydroxylamine groups is 1. The van der Waals surface area contributed by atoms with Gasteiger partial charge in [0.25, 0.3) is 0 Å². The fourth-order valence-corrected chi connectivity index (χ4v) is 5.15. The van der Waals surface area contributed by atoms with Crippen molar-refractivity contribution in [2.45, 2.75) is 78.7 Å². The molecule has 2 atom stereocenters. The number of halogens is 2. The lowest BCUT2D eigenvalue weighted by atomic mass is 9.78. The molecule has 0 radical (unpaired) electrons. The first-order valence-electron chi connectivity index (χ1n) is 12.8. The smallest absolute Gasteiger partial charge is 0.351 e. The van der Waals surface area contributed by atoms with Gasteiger partial charge in [0.15, 0.2) is 23.3 Å². The highest BCUT2D eigenvalue weighted by Crippen LogP contribution is 2.44. The Morgan fingerprint density at radius 1 is 1.14 bits per heavy atom. The van der Waals surface area contributed by atoms with Crippen LogP contribution >= 0.6 is 11.6 Å². The van der Waals surface area contributed by atoms with Crippen LogP contribution in [0.25, 0.3) is 22.4 Å². The number of aromatic nitrogens is 5. The molecule has 3 aromatic heterocycles. The van der Waals surface area contributed by atoms with Crippen molar-refractivity contribution >= 4 is 28.9 Å². The fraction of sp³-hybridized carbons (Fsp3) is 0.577. The zero-order chi connectivity index (χ0) is 26.5. The summed E-state index contributed by atoms with van der Waals surface area (Å²) in [7, 11) is 0. The van der Waals surface area contributed by atoms with Crippen LogP contribution in [0.4, 0.5) is 9.18 Å². The van der Waals surface area contributed by atoms with Crippen LogP contribution in [0.15, 0.2) is 18.5 Å². The predicted octanol–water partition coefficient (Wildman–Crippen LogP) is 5.84. The Bertz CT molecular complexity index is 1330. The molecule has 11 heteroatoms. The van der Waals surface area contributed by atoms with E-state index in [0.29, 0.717) is 51.6 Å². The molecule has 1 saturated heterocycles. The average molecular weight is 530 g/mol. The van der Waals surface area contributed by atoms with Gasteiger partial charge in [-0.2, -0.15) is 0 Å². The maximum absolute atomic E-state index is 16.6. The van der Waals surface area contributed by atoms with Gasteiger partial charge in [-0.15, -0.1) is 5.48 Å².